The van der Waals surface area contributed by atoms with Crippen molar-refractivity contribution in [1.29, 1.82) is 0 Å². The Hall–Kier alpha value is -2.11. The molecule has 1 N–H and O–H groups in total. The molecular formula is C19H24ClN3O2. The van der Waals surface area contributed by atoms with Gasteiger partial charge in [-0.05, 0) is 49.7 Å². The molecule has 0 fully saturated rings. The fourth-order valence-corrected chi connectivity index (χ4v) is 2.57. The first-order chi connectivity index (χ1) is 12.0. The van der Waals surface area contributed by atoms with E-state index in [0.717, 1.165) is 18.5 Å². The number of halogens is 1. The number of aryl methyl sites for hydroxylation is 1. The van der Waals surface area contributed by atoms with Crippen LogP contribution in [0.3, 0.4) is 0 Å². The lowest BCUT2D eigenvalue weighted by Gasteiger charge is -2.17. The molecule has 1 aromatic carbocycles. The number of hydrogen-bond acceptors (Lipinski definition) is 4. The van der Waals surface area contributed by atoms with Gasteiger partial charge in [-0.1, -0.05) is 11.6 Å². The van der Waals surface area contributed by atoms with Gasteiger partial charge in [-0.3, -0.25) is 9.78 Å². The van der Waals surface area contributed by atoms with Gasteiger partial charge in [0.2, 0.25) is 5.91 Å². The Morgan fingerprint density at radius 3 is 2.68 bits per heavy atom. The van der Waals surface area contributed by atoms with Gasteiger partial charge >= 0.3 is 0 Å². The maximum Gasteiger partial charge on any atom is 0.225 e. The molecule has 25 heavy (non-hydrogen) atoms. The smallest absolute Gasteiger partial charge is 0.225 e. The molecule has 0 aliphatic carbocycles. The number of carbonyl (C=O) groups is 1. The molecule has 0 radical (unpaired) electrons. The number of pyridine rings is 1. The van der Waals surface area contributed by atoms with Gasteiger partial charge in [0.25, 0.3) is 0 Å². The van der Waals surface area contributed by atoms with Crippen molar-refractivity contribution in [2.45, 2.75) is 19.8 Å². The molecule has 0 aliphatic rings. The van der Waals surface area contributed by atoms with E-state index in [4.69, 9.17) is 16.3 Å². The number of likely N-dealkylation sites (N-methyl/N-ethyl adjacent to an activating group) is 1. The first-order valence-corrected chi connectivity index (χ1v) is 8.59. The Kier molecular flexibility index (Phi) is 7.22. The zero-order valence-corrected chi connectivity index (χ0v) is 15.6. The van der Waals surface area contributed by atoms with Crippen molar-refractivity contribution in [3.05, 3.63) is 52.8 Å². The van der Waals surface area contributed by atoms with E-state index in [-0.39, 0.29) is 5.91 Å². The van der Waals surface area contributed by atoms with Crippen molar-refractivity contribution in [1.82, 2.24) is 9.88 Å². The fourth-order valence-electron chi connectivity index (χ4n) is 2.42. The lowest BCUT2D eigenvalue weighted by atomic mass is 10.2. The van der Waals surface area contributed by atoms with Crippen molar-refractivity contribution in [2.75, 3.05) is 32.6 Å². The highest BCUT2D eigenvalue weighted by atomic mass is 35.5. The van der Waals surface area contributed by atoms with Crippen molar-refractivity contribution >= 4 is 23.2 Å². The Morgan fingerprint density at radius 2 is 2.00 bits per heavy atom. The van der Waals surface area contributed by atoms with Crippen LogP contribution in [0.15, 0.2) is 36.7 Å². The van der Waals surface area contributed by atoms with Gasteiger partial charge in [-0.2, -0.15) is 0 Å². The second-order valence-corrected chi connectivity index (χ2v) is 6.42. The standard InChI is InChI=1S/C19H24ClN3O2/c1-14-12-17(18(25-3)13-16(14)20)22-19(24)7-11-23(2)10-6-15-4-8-21-9-5-15/h4-5,8-9,12-13H,6-7,10-11H2,1-3H3,(H,22,24). The van der Waals surface area contributed by atoms with Crippen LogP contribution in [0.2, 0.25) is 5.02 Å². The Morgan fingerprint density at radius 1 is 1.28 bits per heavy atom. The van der Waals surface area contributed by atoms with Crippen molar-refractivity contribution in [3.63, 3.8) is 0 Å². The summed E-state index contributed by atoms with van der Waals surface area (Å²) < 4.78 is 5.28. The molecule has 0 bridgehead atoms. The number of methoxy groups -OCH3 is 1. The van der Waals surface area contributed by atoms with Crippen LogP contribution in [-0.4, -0.2) is 43.0 Å². The quantitative estimate of drug-likeness (QED) is 0.781. The topological polar surface area (TPSA) is 54.5 Å². The van der Waals surface area contributed by atoms with E-state index in [1.165, 1.54) is 5.56 Å². The molecule has 134 valence electrons. The van der Waals surface area contributed by atoms with Crippen LogP contribution in [0.1, 0.15) is 17.5 Å². The van der Waals surface area contributed by atoms with E-state index in [0.29, 0.717) is 29.4 Å². The lowest BCUT2D eigenvalue weighted by molar-refractivity contribution is -0.116. The number of hydrogen-bond donors (Lipinski definition) is 1. The van der Waals surface area contributed by atoms with E-state index in [1.54, 1.807) is 25.6 Å². The summed E-state index contributed by atoms with van der Waals surface area (Å²) in [6.45, 7) is 3.47. The zero-order valence-electron chi connectivity index (χ0n) is 14.9. The molecule has 6 heteroatoms. The average molecular weight is 362 g/mol. The van der Waals surface area contributed by atoms with Crippen LogP contribution in [0, 0.1) is 6.92 Å². The largest absolute Gasteiger partial charge is 0.495 e. The summed E-state index contributed by atoms with van der Waals surface area (Å²) >= 11 is 6.09. The molecule has 2 rings (SSSR count). The SMILES string of the molecule is COc1cc(Cl)c(C)cc1NC(=O)CCN(C)CCc1ccncc1. The third-order valence-corrected chi connectivity index (χ3v) is 4.41. The van der Waals surface area contributed by atoms with Crippen LogP contribution < -0.4 is 10.1 Å². The number of carbonyl (C=O) groups excluding carboxylic acids is 1. The highest BCUT2D eigenvalue weighted by molar-refractivity contribution is 6.31. The van der Waals surface area contributed by atoms with Gasteiger partial charge < -0.3 is 15.0 Å². The Balaban J connectivity index is 1.81. The second kappa shape index (κ2) is 9.39. The minimum atomic E-state index is -0.0456. The predicted molar refractivity (Wildman–Crippen MR) is 101 cm³/mol. The first-order valence-electron chi connectivity index (χ1n) is 8.21. The molecule has 0 unspecified atom stereocenters. The molecular weight excluding hydrogens is 338 g/mol. The van der Waals surface area contributed by atoms with Gasteiger partial charge in [0.05, 0.1) is 12.8 Å². The summed E-state index contributed by atoms with van der Waals surface area (Å²) in [5.74, 6) is 0.519. The Bertz CT molecular complexity index is 707. The molecule has 0 saturated heterocycles. The second-order valence-electron chi connectivity index (χ2n) is 6.01. The van der Waals surface area contributed by atoms with Crippen LogP contribution in [0.4, 0.5) is 5.69 Å². The number of rotatable bonds is 8. The van der Waals surface area contributed by atoms with Gasteiger partial charge in [0.15, 0.2) is 0 Å². The molecule has 1 heterocycles. The molecule has 1 aromatic heterocycles. The summed E-state index contributed by atoms with van der Waals surface area (Å²) in [6, 6.07) is 7.56. The van der Waals surface area contributed by atoms with Gasteiger partial charge in [0, 0.05) is 43.0 Å². The van der Waals surface area contributed by atoms with Gasteiger partial charge in [-0.25, -0.2) is 0 Å². The van der Waals surface area contributed by atoms with Gasteiger partial charge in [-0.15, -0.1) is 0 Å². The number of amides is 1. The monoisotopic (exact) mass is 361 g/mol. The summed E-state index contributed by atoms with van der Waals surface area (Å²) in [6.07, 6.45) is 4.94. The molecule has 2 aromatic rings. The minimum absolute atomic E-state index is 0.0456. The summed E-state index contributed by atoms with van der Waals surface area (Å²) in [4.78, 5) is 18.4. The highest BCUT2D eigenvalue weighted by Crippen LogP contribution is 2.30. The summed E-state index contributed by atoms with van der Waals surface area (Å²) in [5, 5.41) is 3.52. The third kappa shape index (κ3) is 6.03. The van der Waals surface area contributed by atoms with Crippen LogP contribution in [-0.2, 0) is 11.2 Å². The normalized spacial score (nSPS) is 10.8. The van der Waals surface area contributed by atoms with Crippen molar-refractivity contribution < 1.29 is 9.53 Å². The Labute approximate surface area is 154 Å². The van der Waals surface area contributed by atoms with E-state index in [9.17, 15) is 4.79 Å². The van der Waals surface area contributed by atoms with Crippen LogP contribution in [0.5, 0.6) is 5.75 Å². The van der Waals surface area contributed by atoms with Crippen LogP contribution >= 0.6 is 11.6 Å². The summed E-state index contributed by atoms with van der Waals surface area (Å²) in [7, 11) is 3.57. The molecule has 0 saturated carbocycles. The van der Waals surface area contributed by atoms with Crippen molar-refractivity contribution in [3.8, 4) is 5.75 Å². The highest BCUT2D eigenvalue weighted by Gasteiger charge is 2.11. The fraction of sp³-hybridized carbons (Fsp3) is 0.368. The average Bonchev–Trinajstić information content (AvgIpc) is 2.62. The number of nitrogens with one attached hydrogen (secondary N) is 1. The molecule has 5 nitrogen and oxygen atoms in total. The van der Waals surface area contributed by atoms with Crippen LogP contribution in [0.25, 0.3) is 0 Å². The minimum Gasteiger partial charge on any atom is -0.495 e. The molecule has 1 amide bonds. The number of benzene rings is 1. The first kappa shape index (κ1) is 19.2. The number of aromatic nitrogens is 1. The number of ether oxygens (including phenoxy) is 1. The maximum absolute atomic E-state index is 12.2. The van der Waals surface area contributed by atoms with E-state index in [1.807, 2.05) is 32.2 Å². The lowest BCUT2D eigenvalue weighted by Crippen LogP contribution is -2.26. The van der Waals surface area contributed by atoms with Crippen molar-refractivity contribution in [2.24, 2.45) is 0 Å². The predicted octanol–water partition coefficient (Wildman–Crippen LogP) is 3.56. The molecule has 0 spiro atoms. The van der Waals surface area contributed by atoms with E-state index < -0.39 is 0 Å². The zero-order chi connectivity index (χ0) is 18.2. The third-order valence-electron chi connectivity index (χ3n) is 4.01. The summed E-state index contributed by atoms with van der Waals surface area (Å²) in [5.41, 5.74) is 2.79. The maximum atomic E-state index is 12.2. The van der Waals surface area contributed by atoms with E-state index >= 15 is 0 Å². The van der Waals surface area contributed by atoms with Gasteiger partial charge in [0.1, 0.15) is 5.75 Å². The number of anilines is 1. The number of nitrogens with zero attached hydrogens (tertiary/aromatic N) is 2. The molecule has 0 aliphatic heterocycles. The molecule has 0 atom stereocenters. The van der Waals surface area contributed by atoms with E-state index in [2.05, 4.69) is 15.2 Å².